The van der Waals surface area contributed by atoms with Gasteiger partial charge in [0, 0.05) is 63.1 Å². The van der Waals surface area contributed by atoms with Gasteiger partial charge in [0.1, 0.15) is 12.2 Å². The van der Waals surface area contributed by atoms with Crippen molar-refractivity contribution in [1.29, 1.82) is 0 Å². The van der Waals surface area contributed by atoms with Crippen molar-refractivity contribution in [3.8, 4) is 11.3 Å². The Morgan fingerprint density at radius 2 is 1.76 bits per heavy atom. The molecular formula is C27H27F6N7O. The summed E-state index contributed by atoms with van der Waals surface area (Å²) in [5.41, 5.74) is 2.96. The van der Waals surface area contributed by atoms with E-state index in [0.717, 1.165) is 17.3 Å². The predicted molar refractivity (Wildman–Crippen MR) is 138 cm³/mol. The third-order valence-corrected chi connectivity index (χ3v) is 7.23. The number of hydrogen-bond donors (Lipinski definition) is 1. The van der Waals surface area contributed by atoms with E-state index in [1.165, 1.54) is 16.6 Å². The highest BCUT2D eigenvalue weighted by Crippen LogP contribution is 2.32. The van der Waals surface area contributed by atoms with Gasteiger partial charge in [0.2, 0.25) is 5.91 Å². The maximum absolute atomic E-state index is 13.1. The molecule has 1 aromatic carbocycles. The molecule has 5 rings (SSSR count). The number of alkyl halides is 6. The van der Waals surface area contributed by atoms with Gasteiger partial charge in [-0.25, -0.2) is 4.98 Å². The first-order chi connectivity index (χ1) is 19.3. The summed E-state index contributed by atoms with van der Waals surface area (Å²) < 4.78 is 78.2. The van der Waals surface area contributed by atoms with Gasteiger partial charge >= 0.3 is 12.4 Å². The maximum atomic E-state index is 13.1. The number of aryl methyl sites for hydroxylation is 1. The molecule has 14 heteroatoms. The smallest absolute Gasteiger partial charge is 0.342 e. The van der Waals surface area contributed by atoms with Gasteiger partial charge in [-0.1, -0.05) is 6.07 Å². The summed E-state index contributed by atoms with van der Waals surface area (Å²) in [6, 6.07) is 9.94. The number of fused-ring (bicyclic) bond motifs is 1. The van der Waals surface area contributed by atoms with Gasteiger partial charge in [-0.15, -0.1) is 0 Å². The molecule has 0 radical (unpaired) electrons. The van der Waals surface area contributed by atoms with Crippen LogP contribution in [0.3, 0.4) is 0 Å². The first-order valence-electron chi connectivity index (χ1n) is 12.9. The molecule has 1 atom stereocenters. The van der Waals surface area contributed by atoms with E-state index in [4.69, 9.17) is 0 Å². The number of amides is 1. The highest BCUT2D eigenvalue weighted by atomic mass is 19.4. The van der Waals surface area contributed by atoms with E-state index in [-0.39, 0.29) is 19.1 Å². The lowest BCUT2D eigenvalue weighted by atomic mass is 10.1. The van der Waals surface area contributed by atoms with Crippen LogP contribution in [0.15, 0.2) is 42.6 Å². The Hall–Kier alpha value is -3.94. The van der Waals surface area contributed by atoms with Crippen molar-refractivity contribution in [2.45, 2.75) is 38.2 Å². The van der Waals surface area contributed by atoms with Crippen molar-refractivity contribution in [3.05, 3.63) is 65.4 Å². The van der Waals surface area contributed by atoms with E-state index in [9.17, 15) is 31.1 Å². The molecule has 1 aliphatic rings. The minimum absolute atomic E-state index is 0.0460. The van der Waals surface area contributed by atoms with E-state index >= 15 is 0 Å². The Morgan fingerprint density at radius 3 is 2.41 bits per heavy atom. The number of aromatic nitrogens is 5. The third kappa shape index (κ3) is 6.53. The Labute approximate surface area is 231 Å². The molecule has 0 aliphatic carbocycles. The SMILES string of the molecule is CC(c1ccnc(Cc2nc3ccc(-c4cc(C(F)(F)F)nn4C)cc3[nH]2)c1)N1CCN(C(=O)CC(F)(F)F)CC1. The lowest BCUT2D eigenvalue weighted by Crippen LogP contribution is -2.50. The fourth-order valence-electron chi connectivity index (χ4n) is 5.06. The lowest BCUT2D eigenvalue weighted by Gasteiger charge is -2.38. The summed E-state index contributed by atoms with van der Waals surface area (Å²) >= 11 is 0. The Kier molecular flexibility index (Phi) is 7.53. The fraction of sp³-hybridized carbons (Fsp3) is 0.407. The Bertz CT molecular complexity index is 1550. The number of piperazine rings is 1. The van der Waals surface area contributed by atoms with Crippen LogP contribution >= 0.6 is 0 Å². The number of carbonyl (C=O) groups excluding carboxylic acids is 1. The fourth-order valence-corrected chi connectivity index (χ4v) is 5.06. The number of benzene rings is 1. The van der Waals surface area contributed by atoms with Crippen molar-refractivity contribution >= 4 is 16.9 Å². The highest BCUT2D eigenvalue weighted by Gasteiger charge is 2.36. The molecule has 1 amide bonds. The zero-order valence-corrected chi connectivity index (χ0v) is 22.2. The van der Waals surface area contributed by atoms with Gasteiger partial charge in [-0.3, -0.25) is 19.4 Å². The van der Waals surface area contributed by atoms with E-state index < -0.39 is 30.4 Å². The van der Waals surface area contributed by atoms with Crippen molar-refractivity contribution in [3.63, 3.8) is 0 Å². The molecule has 0 saturated carbocycles. The molecule has 3 aromatic heterocycles. The third-order valence-electron chi connectivity index (χ3n) is 7.23. The number of carbonyl (C=O) groups is 1. The number of H-pyrrole nitrogens is 1. The maximum Gasteiger partial charge on any atom is 0.435 e. The molecule has 1 fully saturated rings. The van der Waals surface area contributed by atoms with Gasteiger partial charge < -0.3 is 9.88 Å². The normalized spacial score (nSPS) is 16.0. The highest BCUT2D eigenvalue weighted by molar-refractivity contribution is 5.81. The molecule has 4 aromatic rings. The number of halogens is 6. The second kappa shape index (κ2) is 10.8. The summed E-state index contributed by atoms with van der Waals surface area (Å²) in [5, 5.41) is 3.58. The van der Waals surface area contributed by atoms with Crippen molar-refractivity contribution in [2.24, 2.45) is 7.05 Å². The first-order valence-corrected chi connectivity index (χ1v) is 12.9. The van der Waals surface area contributed by atoms with E-state index in [2.05, 4.69) is 25.0 Å². The number of imidazole rings is 1. The van der Waals surface area contributed by atoms with Crippen LogP contribution in [-0.2, 0) is 24.4 Å². The summed E-state index contributed by atoms with van der Waals surface area (Å²) in [7, 11) is 1.46. The zero-order chi connectivity index (χ0) is 29.5. The summed E-state index contributed by atoms with van der Waals surface area (Å²) in [6.45, 7) is 3.37. The quantitative estimate of drug-likeness (QED) is 0.321. The second-order valence-corrected chi connectivity index (χ2v) is 10.1. The molecule has 41 heavy (non-hydrogen) atoms. The average Bonchev–Trinajstić information content (AvgIpc) is 3.49. The molecule has 218 valence electrons. The van der Waals surface area contributed by atoms with Crippen molar-refractivity contribution < 1.29 is 31.1 Å². The minimum atomic E-state index is -4.54. The second-order valence-electron chi connectivity index (χ2n) is 10.1. The van der Waals surface area contributed by atoms with Crippen LogP contribution in [0, 0.1) is 0 Å². The van der Waals surface area contributed by atoms with E-state index in [1.54, 1.807) is 24.4 Å². The van der Waals surface area contributed by atoms with Crippen LogP contribution < -0.4 is 0 Å². The number of hydrogen-bond acceptors (Lipinski definition) is 5. The topological polar surface area (TPSA) is 82.9 Å². The van der Waals surface area contributed by atoms with Crippen LogP contribution in [0.25, 0.3) is 22.3 Å². The Balaban J connectivity index is 1.26. The number of nitrogens with zero attached hydrogens (tertiary/aromatic N) is 6. The number of rotatable bonds is 6. The standard InChI is InChI=1S/C27H27F6N7O/c1-16(39-7-9-40(10-8-39)25(41)15-26(28,29)30)17-5-6-34-19(11-17)13-24-35-20-4-3-18(12-21(20)36-24)22-14-23(27(31,32)33)37-38(22)2/h3-6,11-12,14,16H,7-10,13,15H2,1-2H3,(H,35,36). The van der Waals surface area contributed by atoms with Crippen molar-refractivity contribution in [2.75, 3.05) is 26.2 Å². The number of nitrogens with one attached hydrogen (secondary N) is 1. The first kappa shape index (κ1) is 28.6. The van der Waals surface area contributed by atoms with Crippen LogP contribution in [0.4, 0.5) is 26.3 Å². The molecular weight excluding hydrogens is 552 g/mol. The van der Waals surface area contributed by atoms with Gasteiger partial charge in [0.05, 0.1) is 16.7 Å². The summed E-state index contributed by atoms with van der Waals surface area (Å²) in [4.78, 5) is 27.5. The van der Waals surface area contributed by atoms with Crippen LogP contribution in [0.2, 0.25) is 0 Å². The molecule has 0 bridgehead atoms. The molecule has 0 spiro atoms. The minimum Gasteiger partial charge on any atom is -0.342 e. The monoisotopic (exact) mass is 579 g/mol. The van der Waals surface area contributed by atoms with Crippen LogP contribution in [0.1, 0.15) is 42.2 Å². The van der Waals surface area contributed by atoms with Gasteiger partial charge in [-0.2, -0.15) is 31.4 Å². The number of pyridine rings is 1. The lowest BCUT2D eigenvalue weighted by molar-refractivity contribution is -0.162. The molecule has 1 saturated heterocycles. The van der Waals surface area contributed by atoms with Gasteiger partial charge in [-0.05, 0) is 42.8 Å². The van der Waals surface area contributed by atoms with E-state index in [0.29, 0.717) is 47.6 Å². The zero-order valence-electron chi connectivity index (χ0n) is 22.2. The largest absolute Gasteiger partial charge is 0.435 e. The van der Waals surface area contributed by atoms with Crippen molar-refractivity contribution in [1.82, 2.24) is 34.5 Å². The van der Waals surface area contributed by atoms with Crippen LogP contribution in [0.5, 0.6) is 0 Å². The predicted octanol–water partition coefficient (Wildman–Crippen LogP) is 5.13. The summed E-state index contributed by atoms with van der Waals surface area (Å²) in [5.74, 6) is -0.271. The summed E-state index contributed by atoms with van der Waals surface area (Å²) in [6.07, 6.45) is -8.43. The average molecular weight is 580 g/mol. The van der Waals surface area contributed by atoms with Gasteiger partial charge in [0.15, 0.2) is 5.69 Å². The van der Waals surface area contributed by atoms with E-state index in [1.807, 2.05) is 19.1 Å². The Morgan fingerprint density at radius 1 is 1.02 bits per heavy atom. The number of aromatic amines is 1. The molecule has 8 nitrogen and oxygen atoms in total. The molecule has 1 aliphatic heterocycles. The van der Waals surface area contributed by atoms with Crippen LogP contribution in [-0.4, -0.2) is 72.8 Å². The van der Waals surface area contributed by atoms with Gasteiger partial charge in [0.25, 0.3) is 0 Å². The molecule has 1 unspecified atom stereocenters. The molecule has 1 N–H and O–H groups in total. The molecule has 4 heterocycles.